The normalized spacial score (nSPS) is 12.2. The topological polar surface area (TPSA) is 11.3 Å². The zero-order valence-corrected chi connectivity index (χ0v) is 14.0. The Morgan fingerprint density at radius 3 is 2.21 bits per heavy atom. The van der Waals surface area contributed by atoms with Gasteiger partial charge in [0.25, 0.3) is 6.29 Å². The predicted octanol–water partition coefficient (Wildman–Crippen LogP) is 5.98. The Labute approximate surface area is 143 Å². The van der Waals surface area contributed by atoms with Gasteiger partial charge in [-0.25, -0.2) is 0 Å². The number of rotatable bonds is 1. The van der Waals surface area contributed by atoms with Gasteiger partial charge in [0.2, 0.25) is 7.11 Å². The van der Waals surface area contributed by atoms with Crippen molar-refractivity contribution in [1.29, 1.82) is 0 Å². The van der Waals surface area contributed by atoms with E-state index in [2.05, 4.69) is 66.9 Å². The van der Waals surface area contributed by atoms with Crippen LogP contribution < -0.4 is 0 Å². The van der Waals surface area contributed by atoms with Crippen molar-refractivity contribution in [3.8, 4) is 0 Å². The van der Waals surface area contributed by atoms with Crippen LogP contribution in [0.15, 0.2) is 66.7 Å². The van der Waals surface area contributed by atoms with Crippen LogP contribution in [0.25, 0.3) is 41.7 Å². The molecule has 0 aliphatic carbocycles. The zero-order chi connectivity index (χ0) is 16.1. The molecular formula is C22H14OS. The lowest BCUT2D eigenvalue weighted by Crippen LogP contribution is -1.84. The molecule has 0 fully saturated rings. The molecule has 0 atom stereocenters. The van der Waals surface area contributed by atoms with E-state index < -0.39 is 0 Å². The Bertz CT molecular complexity index is 1260. The van der Waals surface area contributed by atoms with Crippen LogP contribution in [0.1, 0.15) is 5.56 Å². The van der Waals surface area contributed by atoms with E-state index in [4.69, 9.17) is 4.42 Å². The monoisotopic (exact) mass is 326 g/mol. The van der Waals surface area contributed by atoms with Crippen LogP contribution >= 0.6 is 11.3 Å². The molecule has 24 heavy (non-hydrogen) atoms. The molecule has 0 unspecified atom stereocenters. The molecule has 1 heterocycles. The summed E-state index contributed by atoms with van der Waals surface area (Å²) < 4.78 is 7.74. The molecule has 2 heteroatoms. The Morgan fingerprint density at radius 1 is 0.750 bits per heavy atom. The largest absolute Gasteiger partial charge is 0.319 e. The van der Waals surface area contributed by atoms with Crippen LogP contribution in [0.5, 0.6) is 0 Å². The standard InChI is InChI=1S/C22H14OS/c1-23-13-14-6-7-16-9-11-20-22(18(16)12-14)21-17-5-3-2-4-15(17)8-10-19(21)24-20/h2-12H,1H3. The summed E-state index contributed by atoms with van der Waals surface area (Å²) in [7, 11) is 1.64. The van der Waals surface area contributed by atoms with E-state index >= 15 is 0 Å². The average Bonchev–Trinajstić information content (AvgIpc) is 3.01. The fourth-order valence-corrected chi connectivity index (χ4v) is 4.67. The van der Waals surface area contributed by atoms with Crippen LogP contribution in [0.3, 0.4) is 0 Å². The van der Waals surface area contributed by atoms with Crippen molar-refractivity contribution >= 4 is 59.3 Å². The van der Waals surface area contributed by atoms with Crippen molar-refractivity contribution in [2.24, 2.45) is 0 Å². The Hall–Kier alpha value is -2.71. The molecule has 0 radical (unpaired) electrons. The summed E-state index contributed by atoms with van der Waals surface area (Å²) in [5.41, 5.74) is 0.970. The molecule has 0 bridgehead atoms. The maximum Gasteiger partial charge on any atom is 0.290 e. The van der Waals surface area contributed by atoms with Gasteiger partial charge in [-0.3, -0.25) is 0 Å². The average molecular weight is 326 g/mol. The van der Waals surface area contributed by atoms with Gasteiger partial charge in [-0.1, -0.05) is 47.3 Å². The lowest BCUT2D eigenvalue weighted by atomic mass is 9.98. The third kappa shape index (κ3) is 1.90. The first kappa shape index (κ1) is 13.7. The Balaban J connectivity index is 2.06. The SMILES string of the molecule is C[O+]=[C-]c1ccc2ccc3sc4ccc5ccccc5c4c3c2c1. The van der Waals surface area contributed by atoms with Crippen LogP contribution in [-0.4, -0.2) is 13.4 Å². The Morgan fingerprint density at radius 2 is 1.42 bits per heavy atom. The van der Waals surface area contributed by atoms with Crippen molar-refractivity contribution in [3.05, 3.63) is 72.3 Å². The molecule has 114 valence electrons. The quantitative estimate of drug-likeness (QED) is 0.265. The highest BCUT2D eigenvalue weighted by Crippen LogP contribution is 2.41. The second-order valence-electron chi connectivity index (χ2n) is 5.94. The van der Waals surface area contributed by atoms with Gasteiger partial charge in [-0.2, -0.15) is 6.07 Å². The summed E-state index contributed by atoms with van der Waals surface area (Å²) in [6, 6.07) is 23.9. The third-order valence-electron chi connectivity index (χ3n) is 4.56. The summed E-state index contributed by atoms with van der Waals surface area (Å²) in [5.74, 6) is 0. The minimum Gasteiger partial charge on any atom is -0.319 e. The van der Waals surface area contributed by atoms with Gasteiger partial charge in [0.1, 0.15) is 0 Å². The number of thiophene rings is 1. The molecule has 0 aliphatic rings. The maximum absolute atomic E-state index is 5.08. The molecule has 1 nitrogen and oxygen atoms in total. The molecular weight excluding hydrogens is 312 g/mol. The summed E-state index contributed by atoms with van der Waals surface area (Å²) in [6.07, 6.45) is 2.95. The van der Waals surface area contributed by atoms with Crippen LogP contribution in [-0.2, 0) is 4.42 Å². The first-order valence-corrected chi connectivity index (χ1v) is 8.72. The first-order chi connectivity index (χ1) is 11.8. The highest BCUT2D eigenvalue weighted by atomic mass is 32.1. The zero-order valence-electron chi connectivity index (χ0n) is 13.2. The fourth-order valence-electron chi connectivity index (χ4n) is 3.54. The van der Waals surface area contributed by atoms with Gasteiger partial charge >= 0.3 is 0 Å². The predicted molar refractivity (Wildman–Crippen MR) is 105 cm³/mol. The molecule has 0 aliphatic heterocycles. The highest BCUT2D eigenvalue weighted by molar-refractivity contribution is 7.26. The lowest BCUT2D eigenvalue weighted by Gasteiger charge is -2.07. The lowest BCUT2D eigenvalue weighted by molar-refractivity contribution is 0.185. The second-order valence-corrected chi connectivity index (χ2v) is 7.03. The summed E-state index contributed by atoms with van der Waals surface area (Å²) in [6.45, 7) is 0. The molecule has 4 aromatic carbocycles. The number of hydrogen-bond acceptors (Lipinski definition) is 1. The Kier molecular flexibility index (Phi) is 2.94. The van der Waals surface area contributed by atoms with E-state index in [9.17, 15) is 0 Å². The van der Waals surface area contributed by atoms with Crippen molar-refractivity contribution in [1.82, 2.24) is 0 Å². The highest BCUT2D eigenvalue weighted by Gasteiger charge is 2.10. The summed E-state index contributed by atoms with van der Waals surface area (Å²) in [5, 5.41) is 7.80. The molecule has 0 spiro atoms. The van der Waals surface area contributed by atoms with Gasteiger partial charge in [-0.05, 0) is 33.7 Å². The van der Waals surface area contributed by atoms with E-state index in [0.717, 1.165) is 5.56 Å². The van der Waals surface area contributed by atoms with Gasteiger partial charge in [0.05, 0.1) is 0 Å². The number of carbonyl (C=O) groups excluding carboxylic acids is 1. The molecule has 5 rings (SSSR count). The van der Waals surface area contributed by atoms with E-state index in [1.54, 1.807) is 7.11 Å². The van der Waals surface area contributed by atoms with Crippen LogP contribution in [0, 0.1) is 0 Å². The first-order valence-electron chi connectivity index (χ1n) is 7.91. The minimum atomic E-state index is 0.970. The van der Waals surface area contributed by atoms with Crippen molar-refractivity contribution < 1.29 is 4.42 Å². The molecule has 0 saturated heterocycles. The molecule has 0 saturated carbocycles. The van der Waals surface area contributed by atoms with Gasteiger partial charge < -0.3 is 4.42 Å². The maximum atomic E-state index is 5.08. The summed E-state index contributed by atoms with van der Waals surface area (Å²) >= 11 is 1.86. The number of fused-ring (bicyclic) bond motifs is 7. The molecule has 0 N–H and O–H groups in total. The van der Waals surface area contributed by atoms with E-state index in [-0.39, 0.29) is 0 Å². The van der Waals surface area contributed by atoms with Crippen LogP contribution in [0.2, 0.25) is 0 Å². The second kappa shape index (κ2) is 5.15. The smallest absolute Gasteiger partial charge is 0.290 e. The van der Waals surface area contributed by atoms with Gasteiger partial charge in [-0.15, -0.1) is 23.5 Å². The number of benzene rings is 4. The van der Waals surface area contributed by atoms with Crippen molar-refractivity contribution in [2.45, 2.75) is 0 Å². The summed E-state index contributed by atoms with van der Waals surface area (Å²) in [4.78, 5) is 0. The van der Waals surface area contributed by atoms with Crippen LogP contribution in [0.4, 0.5) is 0 Å². The van der Waals surface area contributed by atoms with Crippen molar-refractivity contribution in [2.75, 3.05) is 7.11 Å². The van der Waals surface area contributed by atoms with Gasteiger partial charge in [0, 0.05) is 14.8 Å². The third-order valence-corrected chi connectivity index (χ3v) is 5.68. The fraction of sp³-hybridized carbons (Fsp3) is 0.0455. The van der Waals surface area contributed by atoms with Gasteiger partial charge in [0.15, 0.2) is 0 Å². The molecule has 0 amide bonds. The van der Waals surface area contributed by atoms with E-state index in [0.29, 0.717) is 0 Å². The minimum absolute atomic E-state index is 0.970. The van der Waals surface area contributed by atoms with E-state index in [1.165, 1.54) is 41.7 Å². The van der Waals surface area contributed by atoms with Crippen molar-refractivity contribution in [3.63, 3.8) is 0 Å². The van der Waals surface area contributed by atoms with E-state index in [1.807, 2.05) is 17.4 Å². The number of hydrogen-bond donors (Lipinski definition) is 0. The molecule has 5 aromatic rings. The molecule has 1 aromatic heterocycles.